The predicted octanol–water partition coefficient (Wildman–Crippen LogP) is 3.44. The summed E-state index contributed by atoms with van der Waals surface area (Å²) in [6.45, 7) is -1.02. The molecular weight excluding hydrogens is 214 g/mol. The van der Waals surface area contributed by atoms with Gasteiger partial charge in [-0.15, -0.1) is 12.1 Å². The highest BCUT2D eigenvalue weighted by atomic mass is 19.4. The van der Waals surface area contributed by atoms with E-state index in [-0.39, 0.29) is 6.54 Å². The second kappa shape index (κ2) is 5.76. The number of hydrogen-bond donors (Lipinski definition) is 0. The number of hydrogen-bond acceptors (Lipinski definition) is 1. The largest absolute Gasteiger partial charge is 0.506 e. The summed E-state index contributed by atoms with van der Waals surface area (Å²) in [5.74, 6) is 0.576. The molecule has 1 aliphatic carbocycles. The van der Waals surface area contributed by atoms with Gasteiger partial charge in [-0.3, -0.25) is 0 Å². The third kappa shape index (κ3) is 4.60. The first-order valence-corrected chi connectivity index (χ1v) is 5.95. The quantitative estimate of drug-likeness (QED) is 0.658. The van der Waals surface area contributed by atoms with E-state index in [2.05, 4.69) is 6.58 Å². The topological polar surface area (TPSA) is 3.24 Å². The Morgan fingerprint density at radius 3 is 2.31 bits per heavy atom. The van der Waals surface area contributed by atoms with Crippen LogP contribution in [0.2, 0.25) is 0 Å². The number of likely N-dealkylation sites (N-methyl/N-ethyl adjacent to an activating group) is 1. The van der Waals surface area contributed by atoms with E-state index in [4.69, 9.17) is 0 Å². The molecule has 0 heterocycles. The Labute approximate surface area is 95.8 Å². The first-order valence-electron chi connectivity index (χ1n) is 5.95. The van der Waals surface area contributed by atoms with Gasteiger partial charge in [0.1, 0.15) is 0 Å². The fraction of sp³-hybridized carbons (Fsp3) is 0.818. The van der Waals surface area contributed by atoms with Gasteiger partial charge in [-0.25, -0.2) is 0 Å². The van der Waals surface area contributed by atoms with Gasteiger partial charge in [0.25, 0.3) is 0 Å². The molecule has 0 aliphatic heterocycles. The van der Waals surface area contributed by atoms with Crippen molar-refractivity contribution in [3.63, 3.8) is 0 Å². The van der Waals surface area contributed by atoms with Crippen LogP contribution in [0.5, 0.6) is 0 Å². The van der Waals surface area contributed by atoms with Crippen molar-refractivity contribution in [1.82, 2.24) is 4.90 Å². The monoisotopic (exact) mass is 234 g/mol. The first-order chi connectivity index (χ1) is 7.39. The summed E-state index contributed by atoms with van der Waals surface area (Å²) in [6, 6.07) is 0. The average molecular weight is 234 g/mol. The van der Waals surface area contributed by atoms with Gasteiger partial charge in [-0.1, -0.05) is 19.3 Å². The van der Waals surface area contributed by atoms with E-state index in [0.717, 1.165) is 19.4 Å². The first kappa shape index (κ1) is 13.6. The molecule has 0 N–H and O–H groups in total. The normalized spacial score (nSPS) is 19.1. The lowest BCUT2D eigenvalue weighted by molar-refractivity contribution is 0.245. The van der Waals surface area contributed by atoms with Crippen LogP contribution in [-0.2, 0) is 0 Å². The third-order valence-electron chi connectivity index (χ3n) is 3.23. The summed E-state index contributed by atoms with van der Waals surface area (Å²) in [4.78, 5) is 1.76. The molecule has 0 aromatic heterocycles. The van der Waals surface area contributed by atoms with Crippen molar-refractivity contribution in [3.8, 4) is 0 Å². The maximum Gasteiger partial charge on any atom is 0.506 e. The second-order valence-electron chi connectivity index (χ2n) is 4.93. The van der Waals surface area contributed by atoms with E-state index in [1.165, 1.54) is 19.3 Å². The van der Waals surface area contributed by atoms with Gasteiger partial charge in [-0.05, 0) is 32.4 Å². The number of nitrogens with zero attached hydrogens (tertiary/aromatic N) is 1. The predicted molar refractivity (Wildman–Crippen MR) is 62.3 cm³/mol. The van der Waals surface area contributed by atoms with Crippen molar-refractivity contribution < 1.29 is 12.9 Å². The molecule has 16 heavy (non-hydrogen) atoms. The Bertz CT molecular complexity index is 234. The van der Waals surface area contributed by atoms with Crippen LogP contribution >= 0.6 is 0 Å². The molecule has 0 aromatic carbocycles. The van der Waals surface area contributed by atoms with E-state index in [0.29, 0.717) is 5.92 Å². The van der Waals surface area contributed by atoms with Crippen molar-refractivity contribution >= 4 is 6.98 Å². The van der Waals surface area contributed by atoms with Crippen LogP contribution in [0.15, 0.2) is 12.1 Å². The minimum atomic E-state index is -4.87. The maximum absolute atomic E-state index is 12.3. The molecule has 0 saturated heterocycles. The number of rotatable bonds is 5. The fourth-order valence-electron chi connectivity index (χ4n) is 2.33. The highest BCUT2D eigenvalue weighted by molar-refractivity contribution is 6.66. The van der Waals surface area contributed by atoms with Crippen LogP contribution in [0.1, 0.15) is 32.1 Å². The van der Waals surface area contributed by atoms with Gasteiger partial charge < -0.3 is 17.8 Å². The molecule has 0 bridgehead atoms. The Morgan fingerprint density at radius 2 is 1.81 bits per heavy atom. The van der Waals surface area contributed by atoms with Crippen LogP contribution in [0.3, 0.4) is 0 Å². The molecule has 94 valence electrons. The molecule has 5 heteroatoms. The molecule has 0 radical (unpaired) electrons. The molecular formula is C11H20BF3N-. The number of halogens is 3. The zero-order chi connectivity index (χ0) is 12.2. The molecule has 1 aliphatic rings. The molecule has 1 fully saturated rings. The van der Waals surface area contributed by atoms with Gasteiger partial charge in [0.2, 0.25) is 0 Å². The lowest BCUT2D eigenvalue weighted by Gasteiger charge is -2.29. The Hall–Kier alpha value is -0.445. The summed E-state index contributed by atoms with van der Waals surface area (Å²) < 4.78 is 37.0. The van der Waals surface area contributed by atoms with Crippen molar-refractivity contribution in [2.75, 3.05) is 20.1 Å². The van der Waals surface area contributed by atoms with Crippen molar-refractivity contribution in [3.05, 3.63) is 12.1 Å². The summed E-state index contributed by atoms with van der Waals surface area (Å²) in [5, 5.41) is 0. The van der Waals surface area contributed by atoms with E-state index in [9.17, 15) is 12.9 Å². The van der Waals surface area contributed by atoms with Crippen LogP contribution in [0.4, 0.5) is 12.9 Å². The highest BCUT2D eigenvalue weighted by Crippen LogP contribution is 2.25. The Morgan fingerprint density at radius 1 is 1.25 bits per heavy atom. The zero-order valence-electron chi connectivity index (χ0n) is 9.89. The summed E-state index contributed by atoms with van der Waals surface area (Å²) in [5.41, 5.74) is -0.585. The highest BCUT2D eigenvalue weighted by Gasteiger charge is 2.27. The second-order valence-corrected chi connectivity index (χ2v) is 4.93. The molecule has 1 nitrogen and oxygen atoms in total. The molecule has 0 amide bonds. The molecule has 1 saturated carbocycles. The van der Waals surface area contributed by atoms with Crippen molar-refractivity contribution in [2.45, 2.75) is 32.1 Å². The van der Waals surface area contributed by atoms with Gasteiger partial charge in [0.05, 0.1) is 0 Å². The minimum absolute atomic E-state index is 0.0417. The Balaban J connectivity index is 2.29. The molecule has 0 spiro atoms. The molecule has 0 atom stereocenters. The zero-order valence-corrected chi connectivity index (χ0v) is 9.89. The van der Waals surface area contributed by atoms with E-state index in [1.807, 2.05) is 0 Å². The van der Waals surface area contributed by atoms with E-state index in [1.54, 1.807) is 11.9 Å². The maximum atomic E-state index is 12.3. The van der Waals surface area contributed by atoms with Crippen LogP contribution in [0, 0.1) is 5.92 Å². The van der Waals surface area contributed by atoms with Gasteiger partial charge in [0.15, 0.2) is 0 Å². The van der Waals surface area contributed by atoms with Crippen LogP contribution < -0.4 is 0 Å². The summed E-state index contributed by atoms with van der Waals surface area (Å²) in [7, 11) is 1.75. The van der Waals surface area contributed by atoms with Gasteiger partial charge in [0, 0.05) is 6.54 Å². The Kier molecular flexibility index (Phi) is 4.90. The van der Waals surface area contributed by atoms with Crippen LogP contribution in [0.25, 0.3) is 0 Å². The van der Waals surface area contributed by atoms with Gasteiger partial charge in [-0.2, -0.15) is 0 Å². The smallest absolute Gasteiger partial charge is 0.445 e. The standard InChI is InChI=1S/C11H20BF3N/c1-10(12(13,14)15)8-16(2)9-11-6-4-3-5-7-11/h11H,1,3-9H2,2H3/q-1. The van der Waals surface area contributed by atoms with E-state index < -0.39 is 12.4 Å². The average Bonchev–Trinajstić information content (AvgIpc) is 2.17. The van der Waals surface area contributed by atoms with E-state index >= 15 is 0 Å². The molecule has 0 aromatic rings. The lowest BCUT2D eigenvalue weighted by atomic mass is 9.80. The van der Waals surface area contributed by atoms with Gasteiger partial charge >= 0.3 is 6.98 Å². The van der Waals surface area contributed by atoms with Crippen molar-refractivity contribution in [2.24, 2.45) is 5.92 Å². The molecule has 0 unspecified atom stereocenters. The SMILES string of the molecule is C=C(CN(C)CC1CCCCC1)[B-](F)(F)F. The lowest BCUT2D eigenvalue weighted by Crippen LogP contribution is -2.33. The fourth-order valence-corrected chi connectivity index (χ4v) is 2.33. The summed E-state index contributed by atoms with van der Waals surface area (Å²) in [6.07, 6.45) is 6.05. The third-order valence-corrected chi connectivity index (χ3v) is 3.23. The molecule has 1 rings (SSSR count). The van der Waals surface area contributed by atoms with Crippen molar-refractivity contribution in [1.29, 1.82) is 0 Å². The summed E-state index contributed by atoms with van der Waals surface area (Å²) >= 11 is 0. The van der Waals surface area contributed by atoms with Crippen LogP contribution in [-0.4, -0.2) is 32.0 Å². The minimum Gasteiger partial charge on any atom is -0.445 e.